The van der Waals surface area contributed by atoms with Crippen LogP contribution in [0.15, 0.2) is 18.2 Å². The monoisotopic (exact) mass is 377 g/mol. The highest BCUT2D eigenvalue weighted by molar-refractivity contribution is 5.97. The minimum Gasteiger partial charge on any atom is -0.493 e. The Morgan fingerprint density at radius 2 is 1.78 bits per heavy atom. The van der Waals surface area contributed by atoms with Crippen LogP contribution in [0.25, 0.3) is 0 Å². The van der Waals surface area contributed by atoms with E-state index in [9.17, 15) is 9.59 Å². The van der Waals surface area contributed by atoms with Crippen LogP contribution in [0, 0.1) is 0 Å². The molecule has 148 valence electrons. The second kappa shape index (κ2) is 8.04. The first kappa shape index (κ1) is 19.3. The maximum Gasteiger partial charge on any atom is 0.317 e. The summed E-state index contributed by atoms with van der Waals surface area (Å²) in [6, 6.07) is 4.97. The summed E-state index contributed by atoms with van der Waals surface area (Å²) in [5.41, 5.74) is 0.725. The second-order valence-electron chi connectivity index (χ2n) is 7.06. The fourth-order valence-corrected chi connectivity index (χ4v) is 3.66. The molecule has 1 aromatic rings. The Morgan fingerprint density at radius 1 is 1.11 bits per heavy atom. The predicted octanol–water partition coefficient (Wildman–Crippen LogP) is 1.63. The molecule has 0 radical (unpaired) electrons. The number of rotatable bonds is 4. The number of nitrogens with one attached hydrogen (secondary N) is 1. The van der Waals surface area contributed by atoms with Crippen LogP contribution in [-0.4, -0.2) is 68.9 Å². The van der Waals surface area contributed by atoms with Crippen LogP contribution in [0.1, 0.15) is 20.3 Å². The summed E-state index contributed by atoms with van der Waals surface area (Å²) in [7, 11) is 3.12. The van der Waals surface area contributed by atoms with Crippen molar-refractivity contribution in [2.75, 3.05) is 38.8 Å². The third-order valence-electron chi connectivity index (χ3n) is 4.84. The molecule has 1 N–H and O–H groups in total. The lowest BCUT2D eigenvalue weighted by molar-refractivity contribution is -0.117. The molecule has 8 nitrogen and oxygen atoms in total. The van der Waals surface area contributed by atoms with Gasteiger partial charge in [-0.15, -0.1) is 0 Å². The number of morpholine rings is 1. The van der Waals surface area contributed by atoms with Gasteiger partial charge in [0.05, 0.1) is 32.5 Å². The normalized spacial score (nSPS) is 25.5. The fraction of sp³-hybridized carbons (Fsp3) is 0.579. The summed E-state index contributed by atoms with van der Waals surface area (Å²) in [5, 5.41) is 2.98. The Hall–Kier alpha value is -2.48. The molecular weight excluding hydrogens is 350 g/mol. The van der Waals surface area contributed by atoms with Gasteiger partial charge in [0.15, 0.2) is 11.5 Å². The van der Waals surface area contributed by atoms with Crippen LogP contribution in [0.5, 0.6) is 11.5 Å². The molecule has 0 aromatic heterocycles. The molecule has 3 atom stereocenters. The van der Waals surface area contributed by atoms with Crippen molar-refractivity contribution in [3.63, 3.8) is 0 Å². The van der Waals surface area contributed by atoms with Crippen LogP contribution < -0.4 is 19.7 Å². The first-order valence-electron chi connectivity index (χ1n) is 9.14. The molecule has 3 amide bonds. The molecule has 8 heteroatoms. The van der Waals surface area contributed by atoms with Crippen molar-refractivity contribution < 1.29 is 23.8 Å². The lowest BCUT2D eigenvalue weighted by Gasteiger charge is -2.35. The lowest BCUT2D eigenvalue weighted by atomic mass is 10.2. The molecule has 0 saturated carbocycles. The maximum absolute atomic E-state index is 12.6. The molecule has 0 unspecified atom stereocenters. The number of nitrogens with zero attached hydrogens (tertiary/aromatic N) is 2. The number of ether oxygens (including phenoxy) is 3. The fourth-order valence-electron chi connectivity index (χ4n) is 3.66. The highest BCUT2D eigenvalue weighted by Gasteiger charge is 2.34. The van der Waals surface area contributed by atoms with Gasteiger partial charge in [0.25, 0.3) is 0 Å². The smallest absolute Gasteiger partial charge is 0.317 e. The van der Waals surface area contributed by atoms with Gasteiger partial charge in [-0.3, -0.25) is 4.79 Å². The number of benzene rings is 1. The minimum absolute atomic E-state index is 0.00738. The van der Waals surface area contributed by atoms with Crippen LogP contribution in [0.2, 0.25) is 0 Å². The Balaban J connectivity index is 1.64. The van der Waals surface area contributed by atoms with Crippen LogP contribution in [-0.2, 0) is 9.53 Å². The van der Waals surface area contributed by atoms with Crippen molar-refractivity contribution in [1.82, 2.24) is 10.2 Å². The van der Waals surface area contributed by atoms with Crippen LogP contribution >= 0.6 is 0 Å². The molecule has 0 aliphatic carbocycles. The summed E-state index contributed by atoms with van der Waals surface area (Å²) >= 11 is 0. The van der Waals surface area contributed by atoms with Gasteiger partial charge in [-0.25, -0.2) is 4.79 Å². The number of hydrogen-bond acceptors (Lipinski definition) is 5. The van der Waals surface area contributed by atoms with Crippen molar-refractivity contribution >= 4 is 17.6 Å². The molecule has 2 aliphatic rings. The van der Waals surface area contributed by atoms with E-state index in [2.05, 4.69) is 5.32 Å². The van der Waals surface area contributed by atoms with Crippen molar-refractivity contribution in [1.29, 1.82) is 0 Å². The SMILES string of the molecule is COc1ccc(N2C[C@@H](NC(=O)N3C[C@@H](C)O[C@@H](C)C3)CC2=O)cc1OC. The molecule has 0 bridgehead atoms. The van der Waals surface area contributed by atoms with Gasteiger partial charge in [-0.1, -0.05) is 0 Å². The summed E-state index contributed by atoms with van der Waals surface area (Å²) in [6.45, 7) is 5.43. The highest BCUT2D eigenvalue weighted by atomic mass is 16.5. The van der Waals surface area contributed by atoms with Crippen LogP contribution in [0.4, 0.5) is 10.5 Å². The molecular formula is C19H27N3O5. The first-order valence-corrected chi connectivity index (χ1v) is 9.14. The molecule has 1 aromatic carbocycles. The van der Waals surface area contributed by atoms with Crippen molar-refractivity contribution in [2.24, 2.45) is 0 Å². The van der Waals surface area contributed by atoms with Gasteiger partial charge >= 0.3 is 6.03 Å². The van der Waals surface area contributed by atoms with Crippen LogP contribution in [0.3, 0.4) is 0 Å². The van der Waals surface area contributed by atoms with E-state index in [1.165, 1.54) is 0 Å². The highest BCUT2D eigenvalue weighted by Crippen LogP contribution is 2.33. The third kappa shape index (κ3) is 4.27. The Morgan fingerprint density at radius 3 is 2.41 bits per heavy atom. The number of carbonyl (C=O) groups is 2. The average molecular weight is 377 g/mol. The summed E-state index contributed by atoms with van der Waals surface area (Å²) in [6.07, 6.45) is 0.288. The summed E-state index contributed by atoms with van der Waals surface area (Å²) < 4.78 is 16.2. The Labute approximate surface area is 159 Å². The number of anilines is 1. The van der Waals surface area contributed by atoms with Gasteiger partial charge in [-0.2, -0.15) is 0 Å². The quantitative estimate of drug-likeness (QED) is 0.863. The van der Waals surface area contributed by atoms with E-state index in [0.29, 0.717) is 31.1 Å². The molecule has 27 heavy (non-hydrogen) atoms. The topological polar surface area (TPSA) is 80.3 Å². The summed E-state index contributed by atoms with van der Waals surface area (Å²) in [4.78, 5) is 28.5. The lowest BCUT2D eigenvalue weighted by Crippen LogP contribution is -2.53. The maximum atomic E-state index is 12.6. The standard InChI is InChI=1S/C19H27N3O5/c1-12-9-21(10-13(2)27-12)19(24)20-14-7-18(23)22(11-14)15-5-6-16(25-3)17(8-15)26-4/h5-6,8,12-14H,7,9-11H2,1-4H3,(H,20,24)/t12-,13+,14-/m0/s1. The molecule has 0 spiro atoms. The molecule has 2 aliphatic heterocycles. The van der Waals surface area contributed by atoms with E-state index in [1.54, 1.807) is 36.2 Å². The van der Waals surface area contributed by atoms with Gasteiger partial charge in [-0.05, 0) is 26.0 Å². The molecule has 2 heterocycles. The number of carbonyl (C=O) groups excluding carboxylic acids is 2. The third-order valence-corrected chi connectivity index (χ3v) is 4.84. The van der Waals surface area contributed by atoms with Crippen molar-refractivity contribution in [2.45, 2.75) is 38.5 Å². The molecule has 2 saturated heterocycles. The van der Waals surface area contributed by atoms with E-state index < -0.39 is 0 Å². The van der Waals surface area contributed by atoms with Gasteiger partial charge in [0, 0.05) is 37.8 Å². The van der Waals surface area contributed by atoms with E-state index in [-0.39, 0.29) is 36.6 Å². The van der Waals surface area contributed by atoms with Gasteiger partial charge in [0.1, 0.15) is 0 Å². The largest absolute Gasteiger partial charge is 0.493 e. The van der Waals surface area contributed by atoms with E-state index in [0.717, 1.165) is 5.69 Å². The zero-order valence-corrected chi connectivity index (χ0v) is 16.2. The number of amides is 3. The van der Waals surface area contributed by atoms with Gasteiger partial charge in [0.2, 0.25) is 5.91 Å². The zero-order valence-electron chi connectivity index (χ0n) is 16.2. The summed E-state index contributed by atoms with van der Waals surface area (Å²) in [5.74, 6) is 1.14. The average Bonchev–Trinajstić information content (AvgIpc) is 3.00. The predicted molar refractivity (Wildman–Crippen MR) is 100 cm³/mol. The molecule has 3 rings (SSSR count). The van der Waals surface area contributed by atoms with Crippen molar-refractivity contribution in [3.8, 4) is 11.5 Å². The van der Waals surface area contributed by atoms with E-state index in [4.69, 9.17) is 14.2 Å². The molecule has 2 fully saturated rings. The van der Waals surface area contributed by atoms with Crippen molar-refractivity contribution in [3.05, 3.63) is 18.2 Å². The van der Waals surface area contributed by atoms with E-state index >= 15 is 0 Å². The first-order chi connectivity index (χ1) is 12.9. The number of hydrogen-bond donors (Lipinski definition) is 1. The van der Waals surface area contributed by atoms with E-state index in [1.807, 2.05) is 19.9 Å². The second-order valence-corrected chi connectivity index (χ2v) is 7.06. The minimum atomic E-state index is -0.230. The number of methoxy groups -OCH3 is 2. The Bertz CT molecular complexity index is 701. The number of urea groups is 1. The zero-order chi connectivity index (χ0) is 19.6. The Kier molecular flexibility index (Phi) is 5.74. The van der Waals surface area contributed by atoms with Gasteiger partial charge < -0.3 is 29.3 Å².